The molecule has 1 aromatic rings. The van der Waals surface area contributed by atoms with Crippen LogP contribution in [-0.2, 0) is 16.3 Å². The molecule has 0 bridgehead atoms. The second-order valence-electron chi connectivity index (χ2n) is 5.68. The topological polar surface area (TPSA) is 89.0 Å². The SMILES string of the molecule is CCOc1cc(CCCNC(=NC)NCCS(=O)(=O)CC)ccc1OC.I. The Kier molecular flexibility index (Phi) is 13.2. The third kappa shape index (κ3) is 10.0. The Labute approximate surface area is 180 Å². The van der Waals surface area contributed by atoms with Gasteiger partial charge in [-0.1, -0.05) is 13.0 Å². The molecule has 0 atom stereocenters. The first-order valence-electron chi connectivity index (χ1n) is 8.90. The van der Waals surface area contributed by atoms with Crippen molar-refractivity contribution in [1.82, 2.24) is 10.6 Å². The average molecular weight is 513 g/mol. The van der Waals surface area contributed by atoms with Gasteiger partial charge in [-0.3, -0.25) is 4.99 Å². The summed E-state index contributed by atoms with van der Waals surface area (Å²) < 4.78 is 33.9. The van der Waals surface area contributed by atoms with Gasteiger partial charge in [-0.2, -0.15) is 0 Å². The van der Waals surface area contributed by atoms with E-state index in [1.54, 1.807) is 21.1 Å². The van der Waals surface area contributed by atoms with Crippen LogP contribution in [0, 0.1) is 0 Å². The molecular formula is C18H32IN3O4S. The first kappa shape index (κ1) is 25.8. The number of nitrogens with one attached hydrogen (secondary N) is 2. The van der Waals surface area contributed by atoms with Crippen molar-refractivity contribution >= 4 is 39.8 Å². The van der Waals surface area contributed by atoms with Gasteiger partial charge in [0.2, 0.25) is 0 Å². The highest BCUT2D eigenvalue weighted by molar-refractivity contribution is 14.0. The van der Waals surface area contributed by atoms with E-state index in [1.165, 1.54) is 5.56 Å². The third-order valence-corrected chi connectivity index (χ3v) is 5.54. The van der Waals surface area contributed by atoms with E-state index in [-0.39, 0.29) is 35.5 Å². The Morgan fingerprint density at radius 3 is 2.44 bits per heavy atom. The fourth-order valence-electron chi connectivity index (χ4n) is 2.33. The molecule has 1 rings (SSSR count). The molecule has 0 aliphatic carbocycles. The molecule has 0 aliphatic rings. The number of hydrogen-bond donors (Lipinski definition) is 2. The average Bonchev–Trinajstić information content (AvgIpc) is 2.64. The minimum absolute atomic E-state index is 0. The fourth-order valence-corrected chi connectivity index (χ4v) is 3.04. The second-order valence-corrected chi connectivity index (χ2v) is 8.16. The molecule has 0 saturated heterocycles. The van der Waals surface area contributed by atoms with E-state index >= 15 is 0 Å². The lowest BCUT2D eigenvalue weighted by molar-refractivity contribution is 0.310. The maximum Gasteiger partial charge on any atom is 0.191 e. The largest absolute Gasteiger partial charge is 0.493 e. The van der Waals surface area contributed by atoms with Crippen LogP contribution in [-0.4, -0.2) is 59.7 Å². The van der Waals surface area contributed by atoms with Crippen LogP contribution in [0.4, 0.5) is 0 Å². The summed E-state index contributed by atoms with van der Waals surface area (Å²) in [4.78, 5) is 4.10. The zero-order valence-corrected chi connectivity index (χ0v) is 19.7. The number of sulfone groups is 1. The number of aliphatic imine (C=N–C) groups is 1. The van der Waals surface area contributed by atoms with E-state index < -0.39 is 9.84 Å². The van der Waals surface area contributed by atoms with Crippen molar-refractivity contribution in [2.75, 3.05) is 45.4 Å². The molecule has 0 fully saturated rings. The van der Waals surface area contributed by atoms with Gasteiger partial charge in [-0.05, 0) is 37.5 Å². The molecule has 0 radical (unpaired) electrons. The summed E-state index contributed by atoms with van der Waals surface area (Å²) in [5, 5.41) is 6.22. The van der Waals surface area contributed by atoms with Crippen LogP contribution >= 0.6 is 24.0 Å². The minimum Gasteiger partial charge on any atom is -0.493 e. The number of halogens is 1. The molecule has 0 saturated carbocycles. The van der Waals surface area contributed by atoms with Crippen molar-refractivity contribution in [3.05, 3.63) is 23.8 Å². The fraction of sp³-hybridized carbons (Fsp3) is 0.611. The molecule has 0 aliphatic heterocycles. The zero-order chi connectivity index (χ0) is 19.4. The van der Waals surface area contributed by atoms with Crippen molar-refractivity contribution in [3.8, 4) is 11.5 Å². The van der Waals surface area contributed by atoms with Gasteiger partial charge in [0.1, 0.15) is 0 Å². The first-order valence-corrected chi connectivity index (χ1v) is 10.7. The van der Waals surface area contributed by atoms with Crippen LogP contribution in [0.3, 0.4) is 0 Å². The van der Waals surface area contributed by atoms with Crippen LogP contribution in [0.5, 0.6) is 11.5 Å². The van der Waals surface area contributed by atoms with E-state index in [9.17, 15) is 8.42 Å². The summed E-state index contributed by atoms with van der Waals surface area (Å²) in [6, 6.07) is 5.96. The summed E-state index contributed by atoms with van der Waals surface area (Å²) in [5.74, 6) is 2.37. The minimum atomic E-state index is -2.97. The molecule has 156 valence electrons. The Morgan fingerprint density at radius 2 is 1.85 bits per heavy atom. The lowest BCUT2D eigenvalue weighted by Crippen LogP contribution is -2.40. The molecule has 9 heteroatoms. The number of hydrogen-bond acceptors (Lipinski definition) is 5. The third-order valence-electron chi connectivity index (χ3n) is 3.83. The van der Waals surface area contributed by atoms with E-state index in [0.29, 0.717) is 19.1 Å². The van der Waals surface area contributed by atoms with Crippen molar-refractivity contribution in [2.45, 2.75) is 26.7 Å². The predicted molar refractivity (Wildman–Crippen MR) is 122 cm³/mol. The molecule has 0 amide bonds. The zero-order valence-electron chi connectivity index (χ0n) is 16.6. The second kappa shape index (κ2) is 13.9. The lowest BCUT2D eigenvalue weighted by Gasteiger charge is -2.13. The summed E-state index contributed by atoms with van der Waals surface area (Å²) in [7, 11) is 0.332. The quantitative estimate of drug-likeness (QED) is 0.204. The highest BCUT2D eigenvalue weighted by Crippen LogP contribution is 2.28. The molecule has 7 nitrogen and oxygen atoms in total. The highest BCUT2D eigenvalue weighted by atomic mass is 127. The van der Waals surface area contributed by atoms with Gasteiger partial charge < -0.3 is 20.1 Å². The molecular weight excluding hydrogens is 481 g/mol. The van der Waals surface area contributed by atoms with Crippen LogP contribution in [0.1, 0.15) is 25.8 Å². The van der Waals surface area contributed by atoms with Crippen LogP contribution < -0.4 is 20.1 Å². The summed E-state index contributed by atoms with van der Waals surface area (Å²) >= 11 is 0. The normalized spacial score (nSPS) is 11.5. The molecule has 27 heavy (non-hydrogen) atoms. The Morgan fingerprint density at radius 1 is 1.15 bits per heavy atom. The number of guanidine groups is 1. The Hall–Kier alpha value is -1.23. The lowest BCUT2D eigenvalue weighted by atomic mass is 10.1. The number of ether oxygens (including phenoxy) is 2. The van der Waals surface area contributed by atoms with Gasteiger partial charge in [0.15, 0.2) is 27.3 Å². The van der Waals surface area contributed by atoms with Crippen LogP contribution in [0.15, 0.2) is 23.2 Å². The Bertz CT molecular complexity index is 681. The monoisotopic (exact) mass is 513 g/mol. The molecule has 1 aromatic carbocycles. The molecule has 0 spiro atoms. The van der Waals surface area contributed by atoms with E-state index in [1.807, 2.05) is 25.1 Å². The molecule has 0 aromatic heterocycles. The smallest absolute Gasteiger partial charge is 0.191 e. The molecule has 2 N–H and O–H groups in total. The standard InChI is InChI=1S/C18H31N3O4S.HI/c1-5-25-17-14-15(9-10-16(17)24-4)8-7-11-20-18(19-3)21-12-13-26(22,23)6-2;/h9-10,14H,5-8,11-13H2,1-4H3,(H2,19,20,21);1H. The highest BCUT2D eigenvalue weighted by Gasteiger charge is 2.08. The van der Waals surface area contributed by atoms with Gasteiger partial charge in [-0.25, -0.2) is 8.42 Å². The molecule has 0 heterocycles. The van der Waals surface area contributed by atoms with Gasteiger partial charge in [-0.15, -0.1) is 24.0 Å². The van der Waals surface area contributed by atoms with Gasteiger partial charge in [0, 0.05) is 25.9 Å². The van der Waals surface area contributed by atoms with Crippen molar-refractivity contribution in [3.63, 3.8) is 0 Å². The van der Waals surface area contributed by atoms with Crippen molar-refractivity contribution in [1.29, 1.82) is 0 Å². The van der Waals surface area contributed by atoms with Crippen LogP contribution in [0.25, 0.3) is 0 Å². The summed E-state index contributed by atoms with van der Waals surface area (Å²) in [6.45, 7) is 5.28. The van der Waals surface area contributed by atoms with Crippen molar-refractivity contribution < 1.29 is 17.9 Å². The predicted octanol–water partition coefficient (Wildman–Crippen LogP) is 2.24. The number of aryl methyl sites for hydroxylation is 1. The Balaban J connectivity index is 0.00000676. The van der Waals surface area contributed by atoms with Crippen molar-refractivity contribution in [2.24, 2.45) is 4.99 Å². The van der Waals surface area contributed by atoms with Gasteiger partial charge in [0.05, 0.1) is 19.5 Å². The molecule has 0 unspecified atom stereocenters. The van der Waals surface area contributed by atoms with Gasteiger partial charge in [0.25, 0.3) is 0 Å². The number of methoxy groups -OCH3 is 1. The van der Waals surface area contributed by atoms with Crippen LogP contribution in [0.2, 0.25) is 0 Å². The maximum absolute atomic E-state index is 11.5. The number of rotatable bonds is 11. The maximum atomic E-state index is 11.5. The first-order chi connectivity index (χ1) is 12.5. The van der Waals surface area contributed by atoms with E-state index in [2.05, 4.69) is 15.6 Å². The van der Waals surface area contributed by atoms with E-state index in [0.717, 1.165) is 30.9 Å². The van der Waals surface area contributed by atoms with Gasteiger partial charge >= 0.3 is 0 Å². The number of nitrogens with zero attached hydrogens (tertiary/aromatic N) is 1. The van der Waals surface area contributed by atoms with E-state index in [4.69, 9.17) is 9.47 Å². The summed E-state index contributed by atoms with van der Waals surface area (Å²) in [5.41, 5.74) is 1.17. The summed E-state index contributed by atoms with van der Waals surface area (Å²) in [6.07, 6.45) is 1.80. The number of benzene rings is 1.